The van der Waals surface area contributed by atoms with Gasteiger partial charge in [-0.3, -0.25) is 23.7 Å². The van der Waals surface area contributed by atoms with Gasteiger partial charge >= 0.3 is 19.4 Å². The summed E-state index contributed by atoms with van der Waals surface area (Å²) in [4.78, 5) is 38.0. The Kier molecular flexibility index (Phi) is 8.85. The van der Waals surface area contributed by atoms with Gasteiger partial charge in [-0.2, -0.15) is 5.09 Å². The summed E-state index contributed by atoms with van der Waals surface area (Å²) in [7, 11) is -4.29. The van der Waals surface area contributed by atoms with Crippen molar-refractivity contribution in [3.63, 3.8) is 0 Å². The molecule has 6 atom stereocenters. The number of H-pyrrole nitrogens is 1. The van der Waals surface area contributed by atoms with Gasteiger partial charge < -0.3 is 19.1 Å². The summed E-state index contributed by atoms with van der Waals surface area (Å²) in [5.41, 5.74) is -1.43. The number of carbonyl (C=O) groups excluding carboxylic acids is 1. The molecule has 0 saturated carbocycles. The molecule has 1 saturated heterocycles. The molecular weight excluding hydrogens is 500 g/mol. The fraction of sp³-hybridized carbons (Fsp3) is 0.500. The van der Waals surface area contributed by atoms with Crippen LogP contribution in [0.25, 0.3) is 0 Å². The maximum Gasteiger partial charge on any atom is 0.459 e. The van der Waals surface area contributed by atoms with Crippen LogP contribution >= 0.6 is 7.75 Å². The second-order valence-electron chi connectivity index (χ2n) is 8.51. The average Bonchev–Trinajstić information content (AvgIpc) is 3.08. The lowest BCUT2D eigenvalue weighted by Gasteiger charge is -2.25. The first kappa shape index (κ1) is 27.8. The molecule has 12 nitrogen and oxygen atoms in total. The van der Waals surface area contributed by atoms with Gasteiger partial charge in [0.2, 0.25) is 0 Å². The van der Waals surface area contributed by atoms with E-state index in [0.29, 0.717) is 0 Å². The van der Waals surface area contributed by atoms with Crippen molar-refractivity contribution in [2.45, 2.75) is 64.4 Å². The molecule has 1 fully saturated rings. The van der Waals surface area contributed by atoms with E-state index in [4.69, 9.17) is 18.5 Å². The van der Waals surface area contributed by atoms with Crippen LogP contribution in [0.3, 0.4) is 0 Å². The highest BCUT2D eigenvalue weighted by atomic mass is 31.2. The zero-order valence-corrected chi connectivity index (χ0v) is 21.0. The van der Waals surface area contributed by atoms with Gasteiger partial charge in [-0.05, 0) is 39.8 Å². The molecule has 3 N–H and O–H groups in total. The molecule has 0 bridgehead atoms. The largest absolute Gasteiger partial charge is 0.462 e. The Balaban J connectivity index is 1.77. The molecule has 198 valence electrons. The first-order chi connectivity index (χ1) is 16.9. The number of aliphatic hydroxyl groups excluding tert-OH is 1. The van der Waals surface area contributed by atoms with E-state index in [0.717, 1.165) is 10.8 Å². The van der Waals surface area contributed by atoms with Crippen molar-refractivity contribution in [3.05, 3.63) is 62.9 Å². The maximum atomic E-state index is 14.9. The first-order valence-electron chi connectivity index (χ1n) is 11.2. The second-order valence-corrected chi connectivity index (χ2v) is 10.2. The van der Waals surface area contributed by atoms with Crippen molar-refractivity contribution >= 4 is 13.7 Å². The average molecular weight is 529 g/mol. The van der Waals surface area contributed by atoms with E-state index in [9.17, 15) is 28.4 Å². The van der Waals surface area contributed by atoms with E-state index < -0.39 is 68.3 Å². The minimum atomic E-state index is -4.29. The molecule has 36 heavy (non-hydrogen) atoms. The lowest BCUT2D eigenvalue weighted by atomic mass is 10.1. The number of alkyl halides is 1. The summed E-state index contributed by atoms with van der Waals surface area (Å²) in [6, 6.07) is 6.87. The highest BCUT2D eigenvalue weighted by Gasteiger charge is 2.47. The Morgan fingerprint density at radius 3 is 2.58 bits per heavy atom. The van der Waals surface area contributed by atoms with Gasteiger partial charge in [0.25, 0.3) is 5.56 Å². The van der Waals surface area contributed by atoms with Crippen molar-refractivity contribution in [2.75, 3.05) is 6.61 Å². The normalized spacial score (nSPS) is 24.3. The smallest absolute Gasteiger partial charge is 0.459 e. The Morgan fingerprint density at radius 1 is 1.28 bits per heavy atom. The van der Waals surface area contributed by atoms with Crippen LogP contribution in [0.15, 0.2) is 46.1 Å². The van der Waals surface area contributed by atoms with Gasteiger partial charge in [0.05, 0.1) is 12.7 Å². The molecule has 2 aromatic rings. The number of benzene rings is 1. The molecular formula is C22H29FN3O9P. The quantitative estimate of drug-likeness (QED) is 0.305. The number of nitrogens with one attached hydrogen (secondary N) is 2. The maximum absolute atomic E-state index is 14.9. The van der Waals surface area contributed by atoms with Gasteiger partial charge in [-0.1, -0.05) is 18.2 Å². The minimum Gasteiger partial charge on any atom is -0.462 e. The summed E-state index contributed by atoms with van der Waals surface area (Å²) < 4.78 is 50.7. The SMILES string of the molecule is Cc1cn(C2OC(COP(=O)(NC(C)C(=O)OC(C)C)Oc3ccccc3)C(O)C2F)c(=O)[nH]c1=O. The number of aryl methyl sites for hydroxylation is 1. The van der Waals surface area contributed by atoms with Gasteiger partial charge in [0.15, 0.2) is 12.4 Å². The van der Waals surface area contributed by atoms with Crippen molar-refractivity contribution in [1.82, 2.24) is 14.6 Å². The number of carbonyl (C=O) groups is 1. The zero-order valence-electron chi connectivity index (χ0n) is 20.1. The Bertz CT molecular complexity index is 1220. The number of para-hydroxylation sites is 1. The van der Waals surface area contributed by atoms with E-state index in [1.54, 1.807) is 32.0 Å². The second kappa shape index (κ2) is 11.5. The third-order valence-electron chi connectivity index (χ3n) is 5.15. The van der Waals surface area contributed by atoms with Crippen LogP contribution in [0.5, 0.6) is 5.75 Å². The number of hydrogen-bond acceptors (Lipinski definition) is 9. The Morgan fingerprint density at radius 2 is 1.94 bits per heavy atom. The van der Waals surface area contributed by atoms with Gasteiger partial charge in [0, 0.05) is 11.8 Å². The van der Waals surface area contributed by atoms with E-state index in [-0.39, 0.29) is 11.3 Å². The predicted molar refractivity (Wildman–Crippen MR) is 125 cm³/mol. The van der Waals surface area contributed by atoms with E-state index >= 15 is 0 Å². The van der Waals surface area contributed by atoms with Crippen LogP contribution in [-0.4, -0.2) is 57.8 Å². The number of esters is 1. The molecule has 1 aliphatic heterocycles. The minimum absolute atomic E-state index is 0.131. The highest BCUT2D eigenvalue weighted by molar-refractivity contribution is 7.52. The summed E-state index contributed by atoms with van der Waals surface area (Å²) >= 11 is 0. The molecule has 3 rings (SSSR count). The molecule has 0 aliphatic carbocycles. The molecule has 6 unspecified atom stereocenters. The number of aromatic nitrogens is 2. The Labute approximate surface area is 205 Å². The standard InChI is InChI=1S/C22H29FN3O9P/c1-12(2)33-21(29)14(4)25-36(31,35-15-8-6-5-7-9-15)32-11-16-18(27)17(23)20(34-16)26-10-13(3)19(28)24-22(26)30/h5-10,12,14,16-18,20,27H,11H2,1-4H3,(H,25,31)(H,24,28,30). The monoisotopic (exact) mass is 529 g/mol. The molecule has 0 amide bonds. The van der Waals surface area contributed by atoms with Gasteiger partial charge in [-0.25, -0.2) is 13.8 Å². The van der Waals surface area contributed by atoms with E-state index in [1.165, 1.54) is 26.0 Å². The molecule has 0 spiro atoms. The van der Waals surface area contributed by atoms with Crippen molar-refractivity contribution < 1.29 is 37.4 Å². The fourth-order valence-electron chi connectivity index (χ4n) is 3.35. The van der Waals surface area contributed by atoms with Crippen LogP contribution < -0.4 is 20.9 Å². The van der Waals surface area contributed by atoms with E-state index in [1.807, 2.05) is 4.98 Å². The van der Waals surface area contributed by atoms with Crippen LogP contribution in [0.2, 0.25) is 0 Å². The van der Waals surface area contributed by atoms with Crippen LogP contribution in [-0.2, 0) is 23.4 Å². The fourth-order valence-corrected chi connectivity index (χ4v) is 4.85. The van der Waals surface area contributed by atoms with Gasteiger partial charge in [-0.15, -0.1) is 0 Å². The first-order valence-corrected chi connectivity index (χ1v) is 12.7. The summed E-state index contributed by atoms with van der Waals surface area (Å²) in [6.45, 7) is 5.49. The highest BCUT2D eigenvalue weighted by Crippen LogP contribution is 2.46. The van der Waals surface area contributed by atoms with Crippen LogP contribution in [0, 0.1) is 6.92 Å². The van der Waals surface area contributed by atoms with Gasteiger partial charge in [0.1, 0.15) is 24.0 Å². The predicted octanol–water partition coefficient (Wildman–Crippen LogP) is 1.57. The summed E-state index contributed by atoms with van der Waals surface area (Å²) in [6.07, 6.45) is -6.07. The number of aliphatic hydroxyl groups is 1. The number of ether oxygens (including phenoxy) is 2. The van der Waals surface area contributed by atoms with Crippen LogP contribution in [0.4, 0.5) is 4.39 Å². The molecule has 1 aromatic heterocycles. The molecule has 2 heterocycles. The molecule has 1 aliphatic rings. The number of halogens is 1. The molecule has 14 heteroatoms. The number of hydrogen-bond donors (Lipinski definition) is 3. The van der Waals surface area contributed by atoms with Crippen LogP contribution in [0.1, 0.15) is 32.6 Å². The number of rotatable bonds is 10. The van der Waals surface area contributed by atoms with Crippen molar-refractivity contribution in [2.24, 2.45) is 0 Å². The third-order valence-corrected chi connectivity index (χ3v) is 6.79. The third kappa shape index (κ3) is 6.68. The summed E-state index contributed by atoms with van der Waals surface area (Å²) in [5.74, 6) is -0.554. The van der Waals surface area contributed by atoms with Crippen molar-refractivity contribution in [1.29, 1.82) is 0 Å². The number of aromatic amines is 1. The lowest BCUT2D eigenvalue weighted by molar-refractivity contribution is -0.149. The molecule has 0 radical (unpaired) electrons. The summed E-state index contributed by atoms with van der Waals surface area (Å²) in [5, 5.41) is 12.8. The lowest BCUT2D eigenvalue weighted by Crippen LogP contribution is -2.37. The Hall–Kier alpha value is -2.83. The zero-order chi connectivity index (χ0) is 26.6. The van der Waals surface area contributed by atoms with E-state index in [2.05, 4.69) is 5.09 Å². The topological polar surface area (TPSA) is 158 Å². The molecule has 1 aromatic carbocycles. The van der Waals surface area contributed by atoms with Crippen molar-refractivity contribution in [3.8, 4) is 5.75 Å². The number of nitrogens with zero attached hydrogens (tertiary/aromatic N) is 1.